The molecule has 0 aliphatic rings. The van der Waals surface area contributed by atoms with E-state index in [1.54, 1.807) is 53.1 Å². The monoisotopic (exact) mass is 405 g/mol. The minimum atomic E-state index is -3.62. The van der Waals surface area contributed by atoms with Crippen molar-refractivity contribution in [1.82, 2.24) is 4.57 Å². The number of para-hydroxylation sites is 1. The first-order valence-corrected chi connectivity index (χ1v) is 10.9. The zero-order chi connectivity index (χ0) is 19.6. The summed E-state index contributed by atoms with van der Waals surface area (Å²) in [5, 5.41) is 2.70. The maximum Gasteiger partial charge on any atom is 0.308 e. The van der Waals surface area contributed by atoms with Crippen LogP contribution in [0.4, 0.5) is 11.4 Å². The predicted octanol–water partition coefficient (Wildman–Crippen LogP) is 2.49. The van der Waals surface area contributed by atoms with Crippen LogP contribution in [0, 0.1) is 0 Å². The fourth-order valence-electron chi connectivity index (χ4n) is 2.77. The number of benzene rings is 2. The van der Waals surface area contributed by atoms with Crippen molar-refractivity contribution in [2.24, 2.45) is 0 Å². The van der Waals surface area contributed by atoms with Gasteiger partial charge in [0, 0.05) is 12.2 Å². The van der Waals surface area contributed by atoms with E-state index in [0.29, 0.717) is 17.9 Å². The molecule has 1 amide bonds. The van der Waals surface area contributed by atoms with Crippen LogP contribution in [-0.2, 0) is 21.4 Å². The summed E-state index contributed by atoms with van der Waals surface area (Å²) >= 11 is 1.11. The summed E-state index contributed by atoms with van der Waals surface area (Å²) in [5.41, 5.74) is 1.75. The van der Waals surface area contributed by atoms with Gasteiger partial charge in [-0.3, -0.25) is 18.5 Å². The molecule has 0 saturated carbocycles. The SMILES string of the molecule is CCn1c(=O)sc2cc(NC(=O)CN(c3ccccc3)S(C)(=O)=O)ccc21. The maximum absolute atomic E-state index is 12.4. The van der Waals surface area contributed by atoms with E-state index in [2.05, 4.69) is 5.32 Å². The molecule has 0 saturated heterocycles. The highest BCUT2D eigenvalue weighted by atomic mass is 32.2. The zero-order valence-electron chi connectivity index (χ0n) is 14.9. The number of thiazole rings is 1. The van der Waals surface area contributed by atoms with Crippen molar-refractivity contribution >= 4 is 48.9 Å². The highest BCUT2D eigenvalue weighted by Crippen LogP contribution is 2.22. The van der Waals surface area contributed by atoms with Gasteiger partial charge in [0.05, 0.1) is 22.2 Å². The van der Waals surface area contributed by atoms with Gasteiger partial charge in [-0.1, -0.05) is 29.5 Å². The van der Waals surface area contributed by atoms with E-state index >= 15 is 0 Å². The number of aryl methyl sites for hydroxylation is 1. The molecule has 0 atom stereocenters. The standard InChI is InChI=1S/C18H19N3O4S2/c1-3-20-15-10-9-13(11-16(15)26-18(20)23)19-17(22)12-21(27(2,24)25)14-7-5-4-6-8-14/h4-11H,3,12H2,1-2H3,(H,19,22). The highest BCUT2D eigenvalue weighted by Gasteiger charge is 2.20. The number of hydrogen-bond donors (Lipinski definition) is 1. The Hall–Kier alpha value is -2.65. The number of carbonyl (C=O) groups excluding carboxylic acids is 1. The third kappa shape index (κ3) is 4.20. The second-order valence-corrected chi connectivity index (χ2v) is 8.85. The molecule has 1 N–H and O–H groups in total. The molecule has 0 bridgehead atoms. The molecule has 0 aliphatic heterocycles. The molecule has 0 spiro atoms. The number of sulfonamides is 1. The van der Waals surface area contributed by atoms with Crippen LogP contribution < -0.4 is 14.5 Å². The topological polar surface area (TPSA) is 88.5 Å². The van der Waals surface area contributed by atoms with Gasteiger partial charge in [-0.15, -0.1) is 0 Å². The average Bonchev–Trinajstić information content (AvgIpc) is 2.93. The van der Waals surface area contributed by atoms with Crippen LogP contribution in [0.5, 0.6) is 0 Å². The lowest BCUT2D eigenvalue weighted by atomic mass is 10.3. The van der Waals surface area contributed by atoms with Crippen molar-refractivity contribution in [2.45, 2.75) is 13.5 Å². The molecule has 2 aromatic carbocycles. The van der Waals surface area contributed by atoms with E-state index in [0.717, 1.165) is 32.1 Å². The van der Waals surface area contributed by atoms with Crippen molar-refractivity contribution in [3.63, 3.8) is 0 Å². The molecule has 0 fully saturated rings. The molecule has 3 rings (SSSR count). The molecule has 142 valence electrons. The Morgan fingerprint density at radius 1 is 1.19 bits per heavy atom. The third-order valence-corrected chi connectivity index (χ3v) is 6.08. The van der Waals surface area contributed by atoms with E-state index in [1.165, 1.54) is 0 Å². The van der Waals surface area contributed by atoms with Gasteiger partial charge >= 0.3 is 4.87 Å². The third-order valence-electron chi connectivity index (χ3n) is 4.00. The van der Waals surface area contributed by atoms with Gasteiger partial charge in [-0.25, -0.2) is 8.42 Å². The summed E-state index contributed by atoms with van der Waals surface area (Å²) in [6.45, 7) is 2.13. The molecule has 1 heterocycles. The van der Waals surface area contributed by atoms with Gasteiger partial charge in [0.15, 0.2) is 0 Å². The molecule has 3 aromatic rings. The minimum Gasteiger partial charge on any atom is -0.324 e. The van der Waals surface area contributed by atoms with E-state index < -0.39 is 15.9 Å². The zero-order valence-corrected chi connectivity index (χ0v) is 16.5. The maximum atomic E-state index is 12.4. The van der Waals surface area contributed by atoms with Gasteiger partial charge < -0.3 is 5.32 Å². The Kier molecular flexibility index (Phi) is 5.33. The lowest BCUT2D eigenvalue weighted by Crippen LogP contribution is -2.37. The van der Waals surface area contributed by atoms with Crippen molar-refractivity contribution < 1.29 is 13.2 Å². The fourth-order valence-corrected chi connectivity index (χ4v) is 4.62. The van der Waals surface area contributed by atoms with Gasteiger partial charge in [-0.2, -0.15) is 0 Å². The molecule has 9 heteroatoms. The van der Waals surface area contributed by atoms with E-state index in [4.69, 9.17) is 0 Å². The molecule has 1 aromatic heterocycles. The van der Waals surface area contributed by atoms with Crippen LogP contribution in [0.2, 0.25) is 0 Å². The van der Waals surface area contributed by atoms with E-state index in [9.17, 15) is 18.0 Å². The van der Waals surface area contributed by atoms with Crippen LogP contribution in [0.3, 0.4) is 0 Å². The number of nitrogens with zero attached hydrogens (tertiary/aromatic N) is 2. The molecular weight excluding hydrogens is 386 g/mol. The quantitative estimate of drug-likeness (QED) is 0.682. The molecule has 0 aliphatic carbocycles. The first kappa shape index (κ1) is 19.1. The van der Waals surface area contributed by atoms with Gasteiger partial charge in [0.25, 0.3) is 0 Å². The summed E-state index contributed by atoms with van der Waals surface area (Å²) in [6.07, 6.45) is 1.06. The van der Waals surface area contributed by atoms with Gasteiger partial charge in [0.1, 0.15) is 6.54 Å². The Bertz CT molecular complexity index is 1130. The molecule has 7 nitrogen and oxygen atoms in total. The second kappa shape index (κ2) is 7.53. The summed E-state index contributed by atoms with van der Waals surface area (Å²) in [6, 6.07) is 13.6. The lowest BCUT2D eigenvalue weighted by Gasteiger charge is -2.21. The Morgan fingerprint density at radius 2 is 1.89 bits per heavy atom. The Morgan fingerprint density at radius 3 is 2.52 bits per heavy atom. The summed E-state index contributed by atoms with van der Waals surface area (Å²) in [5.74, 6) is -0.467. The highest BCUT2D eigenvalue weighted by molar-refractivity contribution is 7.92. The number of anilines is 2. The summed E-state index contributed by atoms with van der Waals surface area (Å²) in [4.78, 5) is 24.3. The first-order valence-electron chi connectivity index (χ1n) is 8.25. The summed E-state index contributed by atoms with van der Waals surface area (Å²) in [7, 11) is -3.62. The van der Waals surface area contributed by atoms with Crippen LogP contribution in [0.25, 0.3) is 10.2 Å². The number of amides is 1. The largest absolute Gasteiger partial charge is 0.324 e. The van der Waals surface area contributed by atoms with Crippen molar-refractivity contribution in [1.29, 1.82) is 0 Å². The Balaban J connectivity index is 1.82. The normalized spacial score (nSPS) is 11.5. The van der Waals surface area contributed by atoms with Gasteiger partial charge in [-0.05, 0) is 37.3 Å². The number of carbonyl (C=O) groups is 1. The van der Waals surface area contributed by atoms with Crippen LogP contribution in [0.1, 0.15) is 6.92 Å². The van der Waals surface area contributed by atoms with Crippen LogP contribution >= 0.6 is 11.3 Å². The molecule has 0 unspecified atom stereocenters. The number of aromatic nitrogens is 1. The molecule has 27 heavy (non-hydrogen) atoms. The van der Waals surface area contributed by atoms with E-state index in [1.807, 2.05) is 6.92 Å². The Labute approximate surface area is 160 Å². The van der Waals surface area contributed by atoms with Crippen molar-refractivity contribution in [3.8, 4) is 0 Å². The number of nitrogens with one attached hydrogen (secondary N) is 1. The number of hydrogen-bond acceptors (Lipinski definition) is 5. The fraction of sp³-hybridized carbons (Fsp3) is 0.222. The van der Waals surface area contributed by atoms with Crippen LogP contribution in [0.15, 0.2) is 53.3 Å². The average molecular weight is 406 g/mol. The lowest BCUT2D eigenvalue weighted by molar-refractivity contribution is -0.114. The second-order valence-electron chi connectivity index (χ2n) is 5.95. The number of rotatable bonds is 6. The number of fused-ring (bicyclic) bond motifs is 1. The first-order chi connectivity index (χ1) is 12.8. The van der Waals surface area contributed by atoms with E-state index in [-0.39, 0.29) is 11.4 Å². The van der Waals surface area contributed by atoms with Crippen molar-refractivity contribution in [3.05, 3.63) is 58.2 Å². The summed E-state index contributed by atoms with van der Waals surface area (Å²) < 4.78 is 27.6. The molecule has 0 radical (unpaired) electrons. The van der Waals surface area contributed by atoms with Crippen molar-refractivity contribution in [2.75, 3.05) is 22.4 Å². The molecular formula is C18H19N3O4S2. The predicted molar refractivity (Wildman–Crippen MR) is 109 cm³/mol. The van der Waals surface area contributed by atoms with Crippen LogP contribution in [-0.4, -0.2) is 31.7 Å². The smallest absolute Gasteiger partial charge is 0.308 e. The van der Waals surface area contributed by atoms with Gasteiger partial charge in [0.2, 0.25) is 15.9 Å². The minimum absolute atomic E-state index is 0.0525.